The first kappa shape index (κ1) is 12.8. The van der Waals surface area contributed by atoms with Crippen molar-refractivity contribution in [1.29, 1.82) is 0 Å². The quantitative estimate of drug-likeness (QED) is 0.893. The molecule has 1 amide bonds. The molecule has 20 heavy (non-hydrogen) atoms. The minimum absolute atomic E-state index is 0.00346. The maximum atomic E-state index is 12.9. The number of nitrogens with zero attached hydrogens (tertiary/aromatic N) is 3. The summed E-state index contributed by atoms with van der Waals surface area (Å²) < 4.78 is 12.9. The van der Waals surface area contributed by atoms with E-state index in [1.807, 2.05) is 0 Å². The van der Waals surface area contributed by atoms with Gasteiger partial charge >= 0.3 is 0 Å². The second-order valence-electron chi connectivity index (χ2n) is 4.97. The summed E-state index contributed by atoms with van der Waals surface area (Å²) in [5.41, 5.74) is 0.416. The summed E-state index contributed by atoms with van der Waals surface area (Å²) >= 11 is 0. The third-order valence-corrected chi connectivity index (χ3v) is 3.65. The number of carbonyl (C=O) groups excluding carboxylic acids is 1. The third-order valence-electron chi connectivity index (χ3n) is 3.65. The summed E-state index contributed by atoms with van der Waals surface area (Å²) in [6.45, 7) is 1.02. The van der Waals surface area contributed by atoms with E-state index in [9.17, 15) is 9.18 Å². The van der Waals surface area contributed by atoms with Crippen molar-refractivity contribution in [2.75, 3.05) is 6.54 Å². The predicted octanol–water partition coefficient (Wildman–Crippen LogP) is 1.27. The van der Waals surface area contributed by atoms with Gasteiger partial charge in [0.2, 0.25) is 5.91 Å². The largest absolute Gasteiger partial charge is 0.353 e. The van der Waals surface area contributed by atoms with E-state index in [-0.39, 0.29) is 11.7 Å². The van der Waals surface area contributed by atoms with Crippen LogP contribution in [0.3, 0.4) is 0 Å². The minimum atomic E-state index is -0.467. The fourth-order valence-corrected chi connectivity index (χ4v) is 2.34. The molecule has 1 saturated carbocycles. The van der Waals surface area contributed by atoms with Gasteiger partial charge in [-0.1, -0.05) is 12.1 Å². The maximum Gasteiger partial charge on any atom is 0.230 e. The molecular weight excluding hydrogens is 259 g/mol. The lowest BCUT2D eigenvalue weighted by Crippen LogP contribution is -2.36. The summed E-state index contributed by atoms with van der Waals surface area (Å²) in [4.78, 5) is 13.8. The summed E-state index contributed by atoms with van der Waals surface area (Å²) in [6, 6.07) is 6.18. The van der Waals surface area contributed by atoms with Crippen molar-refractivity contribution in [2.45, 2.75) is 24.8 Å². The lowest BCUT2D eigenvalue weighted by Gasteiger charge is -2.15. The highest BCUT2D eigenvalue weighted by Gasteiger charge is 2.50. The van der Waals surface area contributed by atoms with Gasteiger partial charge in [0.05, 0.1) is 24.4 Å². The number of carbonyl (C=O) groups is 1. The first-order valence-corrected chi connectivity index (χ1v) is 6.59. The monoisotopic (exact) mass is 274 g/mol. The van der Waals surface area contributed by atoms with E-state index in [4.69, 9.17) is 0 Å². The topological polar surface area (TPSA) is 59.8 Å². The number of halogens is 1. The molecule has 0 spiro atoms. The molecule has 1 N–H and O–H groups in total. The van der Waals surface area contributed by atoms with E-state index in [0.29, 0.717) is 13.1 Å². The Morgan fingerprint density at radius 1 is 1.25 bits per heavy atom. The average molecular weight is 274 g/mol. The molecule has 1 aromatic carbocycles. The number of rotatable bonds is 5. The fourth-order valence-electron chi connectivity index (χ4n) is 2.34. The highest BCUT2D eigenvalue weighted by molar-refractivity contribution is 5.91. The normalized spacial score (nSPS) is 15.8. The standard InChI is InChI=1S/C14H15FN4O/c15-12-3-1-11(2-4-12)14(5-6-14)13(20)16-9-10-19-17-7-8-18-19/h1-4,7-8H,5-6,9-10H2,(H,16,20). The van der Waals surface area contributed by atoms with Crippen molar-refractivity contribution in [3.05, 3.63) is 48.0 Å². The number of benzene rings is 1. The molecule has 0 aliphatic heterocycles. The molecule has 0 saturated heterocycles. The zero-order valence-corrected chi connectivity index (χ0v) is 10.9. The Bertz CT molecular complexity index is 590. The summed E-state index contributed by atoms with van der Waals surface area (Å²) in [5.74, 6) is -0.286. The van der Waals surface area contributed by atoms with Crippen LogP contribution in [0, 0.1) is 5.82 Å². The Balaban J connectivity index is 1.60. The number of amides is 1. The van der Waals surface area contributed by atoms with Gasteiger partial charge in [-0.25, -0.2) is 4.39 Å². The molecule has 1 fully saturated rings. The highest BCUT2D eigenvalue weighted by Crippen LogP contribution is 2.48. The highest BCUT2D eigenvalue weighted by atomic mass is 19.1. The van der Waals surface area contributed by atoms with Crippen molar-refractivity contribution < 1.29 is 9.18 Å². The first-order chi connectivity index (χ1) is 9.71. The SMILES string of the molecule is O=C(NCCn1nccn1)C1(c2ccc(F)cc2)CC1. The van der Waals surface area contributed by atoms with Gasteiger partial charge in [-0.3, -0.25) is 4.79 Å². The van der Waals surface area contributed by atoms with Crippen LogP contribution in [0.15, 0.2) is 36.7 Å². The molecule has 5 nitrogen and oxygen atoms in total. The number of hydrogen-bond donors (Lipinski definition) is 1. The first-order valence-electron chi connectivity index (χ1n) is 6.59. The Hall–Kier alpha value is -2.24. The van der Waals surface area contributed by atoms with Gasteiger partial charge in [0.15, 0.2) is 0 Å². The zero-order chi connectivity index (χ0) is 14.0. The average Bonchev–Trinajstić information content (AvgIpc) is 3.10. The van der Waals surface area contributed by atoms with Crippen LogP contribution in [0.5, 0.6) is 0 Å². The molecule has 0 bridgehead atoms. The predicted molar refractivity (Wildman–Crippen MR) is 70.3 cm³/mol. The Labute approximate surface area is 115 Å². The van der Waals surface area contributed by atoms with E-state index >= 15 is 0 Å². The van der Waals surface area contributed by atoms with Gasteiger partial charge in [0, 0.05) is 6.54 Å². The molecule has 1 heterocycles. The number of hydrogen-bond acceptors (Lipinski definition) is 3. The molecule has 3 rings (SSSR count). The van der Waals surface area contributed by atoms with E-state index in [2.05, 4.69) is 15.5 Å². The Morgan fingerprint density at radius 2 is 1.90 bits per heavy atom. The van der Waals surface area contributed by atoms with Crippen LogP contribution in [0.25, 0.3) is 0 Å². The van der Waals surface area contributed by atoms with Crippen LogP contribution < -0.4 is 5.32 Å². The van der Waals surface area contributed by atoms with Crippen LogP contribution in [-0.4, -0.2) is 27.4 Å². The summed E-state index contributed by atoms with van der Waals surface area (Å²) in [7, 11) is 0. The van der Waals surface area contributed by atoms with Gasteiger partial charge in [-0.15, -0.1) is 0 Å². The van der Waals surface area contributed by atoms with Crippen LogP contribution in [0.4, 0.5) is 4.39 Å². The molecule has 1 aromatic heterocycles. The lowest BCUT2D eigenvalue weighted by atomic mass is 9.95. The molecular formula is C14H15FN4O. The van der Waals surface area contributed by atoms with E-state index < -0.39 is 5.41 Å². The van der Waals surface area contributed by atoms with Crippen molar-refractivity contribution in [3.8, 4) is 0 Å². The molecule has 6 heteroatoms. The Morgan fingerprint density at radius 3 is 2.50 bits per heavy atom. The molecule has 0 atom stereocenters. The van der Waals surface area contributed by atoms with Gasteiger partial charge in [-0.2, -0.15) is 15.0 Å². The van der Waals surface area contributed by atoms with E-state index in [0.717, 1.165) is 18.4 Å². The smallest absolute Gasteiger partial charge is 0.230 e. The number of nitrogens with one attached hydrogen (secondary N) is 1. The van der Waals surface area contributed by atoms with Crippen LogP contribution in [-0.2, 0) is 16.8 Å². The van der Waals surface area contributed by atoms with Crippen molar-refractivity contribution >= 4 is 5.91 Å². The minimum Gasteiger partial charge on any atom is -0.353 e. The summed E-state index contributed by atoms with van der Waals surface area (Å²) in [5, 5.41) is 10.8. The van der Waals surface area contributed by atoms with Gasteiger partial charge in [0.1, 0.15) is 5.82 Å². The third kappa shape index (κ3) is 2.41. The van der Waals surface area contributed by atoms with Crippen LogP contribution >= 0.6 is 0 Å². The zero-order valence-electron chi connectivity index (χ0n) is 10.9. The van der Waals surface area contributed by atoms with E-state index in [1.54, 1.807) is 24.5 Å². The molecule has 104 valence electrons. The molecule has 0 radical (unpaired) electrons. The van der Waals surface area contributed by atoms with Gasteiger partial charge in [0.25, 0.3) is 0 Å². The second kappa shape index (κ2) is 5.03. The molecule has 2 aromatic rings. The Kier molecular flexibility index (Phi) is 3.22. The second-order valence-corrected chi connectivity index (χ2v) is 4.97. The summed E-state index contributed by atoms with van der Waals surface area (Å²) in [6.07, 6.45) is 4.82. The van der Waals surface area contributed by atoms with Gasteiger partial charge in [-0.05, 0) is 30.5 Å². The number of aromatic nitrogens is 3. The fraction of sp³-hybridized carbons (Fsp3) is 0.357. The molecule has 1 aliphatic rings. The van der Waals surface area contributed by atoms with Crippen LogP contribution in [0.2, 0.25) is 0 Å². The van der Waals surface area contributed by atoms with Crippen molar-refractivity contribution in [3.63, 3.8) is 0 Å². The van der Waals surface area contributed by atoms with Gasteiger partial charge < -0.3 is 5.32 Å². The van der Waals surface area contributed by atoms with Crippen molar-refractivity contribution in [2.24, 2.45) is 0 Å². The van der Waals surface area contributed by atoms with Crippen LogP contribution in [0.1, 0.15) is 18.4 Å². The van der Waals surface area contributed by atoms with E-state index in [1.165, 1.54) is 16.9 Å². The molecule has 0 unspecified atom stereocenters. The molecule has 1 aliphatic carbocycles. The maximum absolute atomic E-state index is 12.9. The lowest BCUT2D eigenvalue weighted by molar-refractivity contribution is -0.123. The van der Waals surface area contributed by atoms with Crippen molar-refractivity contribution in [1.82, 2.24) is 20.3 Å².